The van der Waals surface area contributed by atoms with Crippen molar-refractivity contribution in [1.82, 2.24) is 0 Å². The standard InChI is InChI=1S/C10H7ClINO2S2/c11-9-5-6-10(16-9)17(14,15)13-8-3-1-7(12)2-4-8/h1-6,13H. The number of anilines is 1. The Morgan fingerprint density at radius 3 is 2.29 bits per heavy atom. The van der Waals surface area contributed by atoms with Gasteiger partial charge in [-0.3, -0.25) is 4.72 Å². The molecule has 90 valence electrons. The van der Waals surface area contributed by atoms with Crippen molar-refractivity contribution in [1.29, 1.82) is 0 Å². The van der Waals surface area contributed by atoms with Gasteiger partial charge in [-0.1, -0.05) is 11.6 Å². The maximum Gasteiger partial charge on any atom is 0.271 e. The summed E-state index contributed by atoms with van der Waals surface area (Å²) < 4.78 is 28.1. The van der Waals surface area contributed by atoms with E-state index < -0.39 is 10.0 Å². The molecule has 0 radical (unpaired) electrons. The quantitative estimate of drug-likeness (QED) is 0.798. The fourth-order valence-electron chi connectivity index (χ4n) is 1.17. The predicted molar refractivity (Wildman–Crippen MR) is 79.3 cm³/mol. The number of thiophene rings is 1. The summed E-state index contributed by atoms with van der Waals surface area (Å²) in [5.41, 5.74) is 0.537. The molecule has 3 nitrogen and oxygen atoms in total. The average Bonchev–Trinajstić information content (AvgIpc) is 2.69. The zero-order valence-corrected chi connectivity index (χ0v) is 12.9. The average molecular weight is 400 g/mol. The molecule has 0 atom stereocenters. The minimum absolute atomic E-state index is 0.209. The summed E-state index contributed by atoms with van der Waals surface area (Å²) in [7, 11) is -3.52. The topological polar surface area (TPSA) is 46.2 Å². The highest BCUT2D eigenvalue weighted by atomic mass is 127. The molecule has 0 aliphatic carbocycles. The highest BCUT2D eigenvalue weighted by molar-refractivity contribution is 14.1. The monoisotopic (exact) mass is 399 g/mol. The fourth-order valence-corrected chi connectivity index (χ4v) is 4.07. The van der Waals surface area contributed by atoms with Gasteiger partial charge in [-0.05, 0) is 59.0 Å². The van der Waals surface area contributed by atoms with Gasteiger partial charge >= 0.3 is 0 Å². The molecule has 0 bridgehead atoms. The Morgan fingerprint density at radius 1 is 1.12 bits per heavy atom. The number of sulfonamides is 1. The lowest BCUT2D eigenvalue weighted by Crippen LogP contribution is -2.11. The second-order valence-electron chi connectivity index (χ2n) is 3.17. The molecule has 0 fully saturated rings. The van der Waals surface area contributed by atoms with Crippen LogP contribution < -0.4 is 4.72 Å². The first-order chi connectivity index (χ1) is 7.97. The molecular weight excluding hydrogens is 393 g/mol. The van der Waals surface area contributed by atoms with E-state index in [1.165, 1.54) is 6.07 Å². The third-order valence-corrected chi connectivity index (χ3v) is 5.73. The van der Waals surface area contributed by atoms with E-state index in [9.17, 15) is 8.42 Å². The smallest absolute Gasteiger partial charge is 0.271 e. The van der Waals surface area contributed by atoms with Gasteiger partial charge in [0.05, 0.1) is 4.34 Å². The van der Waals surface area contributed by atoms with Gasteiger partial charge in [-0.2, -0.15) is 0 Å². The summed E-state index contributed by atoms with van der Waals surface area (Å²) in [4.78, 5) is 0. The molecule has 7 heteroatoms. The van der Waals surface area contributed by atoms with E-state index in [4.69, 9.17) is 11.6 Å². The maximum atomic E-state index is 11.9. The Morgan fingerprint density at radius 2 is 1.76 bits per heavy atom. The molecule has 2 aromatic rings. The van der Waals surface area contributed by atoms with Crippen molar-refractivity contribution in [2.75, 3.05) is 4.72 Å². The summed E-state index contributed by atoms with van der Waals surface area (Å²) in [6, 6.07) is 10.2. The van der Waals surface area contributed by atoms with Gasteiger partial charge in [-0.25, -0.2) is 8.42 Å². The van der Waals surface area contributed by atoms with Crippen LogP contribution in [0.1, 0.15) is 0 Å². The fraction of sp³-hybridized carbons (Fsp3) is 0. The lowest BCUT2D eigenvalue weighted by Gasteiger charge is -2.05. The van der Waals surface area contributed by atoms with Crippen molar-refractivity contribution in [3.63, 3.8) is 0 Å². The second-order valence-corrected chi connectivity index (χ2v) is 8.04. The molecule has 0 unspecified atom stereocenters. The van der Waals surface area contributed by atoms with Gasteiger partial charge in [0.15, 0.2) is 0 Å². The number of hydrogen-bond donors (Lipinski definition) is 1. The molecule has 0 saturated carbocycles. The second kappa shape index (κ2) is 5.13. The molecule has 0 amide bonds. The largest absolute Gasteiger partial charge is 0.279 e. The third-order valence-electron chi connectivity index (χ3n) is 1.91. The molecule has 0 spiro atoms. The molecule has 1 aromatic carbocycles. The van der Waals surface area contributed by atoms with E-state index in [0.717, 1.165) is 14.9 Å². The SMILES string of the molecule is O=S(=O)(Nc1ccc(I)cc1)c1ccc(Cl)s1. The highest BCUT2D eigenvalue weighted by Gasteiger charge is 2.16. The number of hydrogen-bond acceptors (Lipinski definition) is 3. The van der Waals surface area contributed by atoms with Gasteiger partial charge in [0.1, 0.15) is 4.21 Å². The lowest BCUT2D eigenvalue weighted by atomic mass is 10.3. The Bertz CT molecular complexity index is 622. The van der Waals surface area contributed by atoms with E-state index in [1.807, 2.05) is 12.1 Å². The lowest BCUT2D eigenvalue weighted by molar-refractivity contribution is 0.603. The normalized spacial score (nSPS) is 11.4. The summed E-state index contributed by atoms with van der Waals surface area (Å²) in [5, 5.41) is 0. The van der Waals surface area contributed by atoms with Crippen LogP contribution in [0.25, 0.3) is 0 Å². The molecule has 0 saturated heterocycles. The van der Waals surface area contributed by atoms with Crippen LogP contribution >= 0.6 is 45.5 Å². The maximum absolute atomic E-state index is 11.9. The van der Waals surface area contributed by atoms with Crippen LogP contribution in [-0.2, 0) is 10.0 Å². The van der Waals surface area contributed by atoms with E-state index in [-0.39, 0.29) is 4.21 Å². The first-order valence-corrected chi connectivity index (χ1v) is 8.27. The van der Waals surface area contributed by atoms with Crippen molar-refractivity contribution < 1.29 is 8.42 Å². The molecule has 1 heterocycles. The molecular formula is C10H7ClINO2S2. The minimum atomic E-state index is -3.52. The Hall–Kier alpha value is -0.310. The molecule has 1 aromatic heterocycles. The summed E-state index contributed by atoms with van der Waals surface area (Å²) in [6.07, 6.45) is 0. The third kappa shape index (κ3) is 3.34. The van der Waals surface area contributed by atoms with E-state index >= 15 is 0 Å². The van der Waals surface area contributed by atoms with Crippen LogP contribution in [0, 0.1) is 3.57 Å². The summed E-state index contributed by atoms with van der Waals surface area (Å²) in [5.74, 6) is 0. The van der Waals surface area contributed by atoms with Crippen LogP contribution in [-0.4, -0.2) is 8.42 Å². The molecule has 0 aliphatic rings. The first-order valence-electron chi connectivity index (χ1n) is 4.51. The molecule has 17 heavy (non-hydrogen) atoms. The summed E-state index contributed by atoms with van der Waals surface area (Å²) in [6.45, 7) is 0. The zero-order chi connectivity index (χ0) is 12.5. The van der Waals surface area contributed by atoms with Gasteiger partial charge in [-0.15, -0.1) is 11.3 Å². The Balaban J connectivity index is 2.26. The molecule has 0 aliphatic heterocycles. The van der Waals surface area contributed by atoms with Gasteiger partial charge < -0.3 is 0 Å². The number of halogens is 2. The summed E-state index contributed by atoms with van der Waals surface area (Å²) >= 11 is 8.90. The van der Waals surface area contributed by atoms with E-state index in [2.05, 4.69) is 27.3 Å². The number of benzene rings is 1. The van der Waals surface area contributed by atoms with Crippen LogP contribution in [0.2, 0.25) is 4.34 Å². The number of nitrogens with one attached hydrogen (secondary N) is 1. The molecule has 1 N–H and O–H groups in total. The van der Waals surface area contributed by atoms with Crippen molar-refractivity contribution in [2.24, 2.45) is 0 Å². The van der Waals surface area contributed by atoms with Crippen molar-refractivity contribution in [2.45, 2.75) is 4.21 Å². The van der Waals surface area contributed by atoms with Gasteiger partial charge in [0.2, 0.25) is 0 Å². The Labute approximate surface area is 122 Å². The Kier molecular flexibility index (Phi) is 3.96. The predicted octanol–water partition coefficient (Wildman–Crippen LogP) is 3.81. The number of rotatable bonds is 3. The van der Waals surface area contributed by atoms with Crippen LogP contribution in [0.15, 0.2) is 40.6 Å². The van der Waals surface area contributed by atoms with Crippen LogP contribution in [0.3, 0.4) is 0 Å². The van der Waals surface area contributed by atoms with E-state index in [0.29, 0.717) is 10.0 Å². The highest BCUT2D eigenvalue weighted by Crippen LogP contribution is 2.27. The van der Waals surface area contributed by atoms with Gasteiger partial charge in [0, 0.05) is 9.26 Å². The van der Waals surface area contributed by atoms with Crippen molar-refractivity contribution >= 4 is 61.2 Å². The van der Waals surface area contributed by atoms with Crippen LogP contribution in [0.5, 0.6) is 0 Å². The minimum Gasteiger partial charge on any atom is -0.279 e. The zero-order valence-electron chi connectivity index (χ0n) is 8.35. The first kappa shape index (κ1) is 13.1. The van der Waals surface area contributed by atoms with Crippen molar-refractivity contribution in [3.8, 4) is 0 Å². The molecule has 2 rings (SSSR count). The van der Waals surface area contributed by atoms with Crippen molar-refractivity contribution in [3.05, 3.63) is 44.3 Å². The van der Waals surface area contributed by atoms with Crippen LogP contribution in [0.4, 0.5) is 5.69 Å². The van der Waals surface area contributed by atoms with E-state index in [1.54, 1.807) is 18.2 Å². The van der Waals surface area contributed by atoms with Gasteiger partial charge in [0.25, 0.3) is 10.0 Å².